The molecule has 0 aliphatic carbocycles. The highest BCUT2D eigenvalue weighted by molar-refractivity contribution is 5.95. The SMILES string of the molecule is COC(=O)C(C)CN(CC(C)C)C(=O)c1cccc([N+](=O)[O-])c1. The maximum Gasteiger partial charge on any atom is 0.310 e. The summed E-state index contributed by atoms with van der Waals surface area (Å²) in [4.78, 5) is 36.1. The number of carbonyl (C=O) groups excluding carboxylic acids is 2. The Labute approximate surface area is 135 Å². The fourth-order valence-corrected chi connectivity index (χ4v) is 2.22. The van der Waals surface area contributed by atoms with Crippen LogP contribution in [0.5, 0.6) is 0 Å². The summed E-state index contributed by atoms with van der Waals surface area (Å²) in [6, 6.07) is 5.59. The van der Waals surface area contributed by atoms with Crippen molar-refractivity contribution in [2.75, 3.05) is 20.2 Å². The lowest BCUT2D eigenvalue weighted by Crippen LogP contribution is -2.39. The van der Waals surface area contributed by atoms with E-state index in [1.807, 2.05) is 13.8 Å². The minimum atomic E-state index is -0.541. The fourth-order valence-electron chi connectivity index (χ4n) is 2.22. The van der Waals surface area contributed by atoms with E-state index in [-0.39, 0.29) is 29.6 Å². The molecule has 1 unspecified atom stereocenters. The maximum atomic E-state index is 12.7. The molecule has 1 atom stereocenters. The van der Waals surface area contributed by atoms with Gasteiger partial charge in [0.1, 0.15) is 0 Å². The average molecular weight is 322 g/mol. The maximum absolute atomic E-state index is 12.7. The summed E-state index contributed by atoms with van der Waals surface area (Å²) in [7, 11) is 1.30. The Balaban J connectivity index is 3.01. The lowest BCUT2D eigenvalue weighted by molar-refractivity contribution is -0.384. The molecule has 23 heavy (non-hydrogen) atoms. The van der Waals surface area contributed by atoms with E-state index in [2.05, 4.69) is 4.74 Å². The lowest BCUT2D eigenvalue weighted by atomic mass is 10.1. The van der Waals surface area contributed by atoms with Crippen molar-refractivity contribution in [1.29, 1.82) is 0 Å². The first kappa shape index (κ1) is 18.6. The van der Waals surface area contributed by atoms with Crippen LogP contribution in [-0.4, -0.2) is 41.9 Å². The van der Waals surface area contributed by atoms with Gasteiger partial charge in [-0.25, -0.2) is 0 Å². The van der Waals surface area contributed by atoms with Crippen LogP contribution in [-0.2, 0) is 9.53 Å². The van der Waals surface area contributed by atoms with Crippen LogP contribution in [0.15, 0.2) is 24.3 Å². The van der Waals surface area contributed by atoms with E-state index in [1.165, 1.54) is 36.3 Å². The molecule has 0 radical (unpaired) electrons. The molecule has 126 valence electrons. The van der Waals surface area contributed by atoms with Crippen molar-refractivity contribution in [3.63, 3.8) is 0 Å². The van der Waals surface area contributed by atoms with Gasteiger partial charge in [0.25, 0.3) is 11.6 Å². The molecule has 1 aromatic carbocycles. The van der Waals surface area contributed by atoms with Crippen LogP contribution in [0.2, 0.25) is 0 Å². The number of methoxy groups -OCH3 is 1. The van der Waals surface area contributed by atoms with Crippen molar-refractivity contribution in [2.24, 2.45) is 11.8 Å². The molecule has 7 heteroatoms. The van der Waals surface area contributed by atoms with Crippen molar-refractivity contribution in [2.45, 2.75) is 20.8 Å². The molecular weight excluding hydrogens is 300 g/mol. The highest BCUT2D eigenvalue weighted by Crippen LogP contribution is 2.16. The van der Waals surface area contributed by atoms with Crippen LogP contribution in [0.25, 0.3) is 0 Å². The van der Waals surface area contributed by atoms with Crippen LogP contribution >= 0.6 is 0 Å². The molecular formula is C16H22N2O5. The number of nitro groups is 1. The van der Waals surface area contributed by atoms with Gasteiger partial charge in [-0.2, -0.15) is 0 Å². The number of non-ortho nitro benzene ring substituents is 1. The van der Waals surface area contributed by atoms with Crippen molar-refractivity contribution < 1.29 is 19.2 Å². The summed E-state index contributed by atoms with van der Waals surface area (Å²) in [5.74, 6) is -1.01. The number of hydrogen-bond acceptors (Lipinski definition) is 5. The van der Waals surface area contributed by atoms with Gasteiger partial charge in [0.05, 0.1) is 18.0 Å². The Hall–Kier alpha value is -2.44. The highest BCUT2D eigenvalue weighted by Gasteiger charge is 2.24. The van der Waals surface area contributed by atoms with E-state index in [1.54, 1.807) is 6.92 Å². The first-order valence-electron chi connectivity index (χ1n) is 7.37. The number of nitro benzene ring substituents is 1. The zero-order valence-corrected chi connectivity index (χ0v) is 13.8. The first-order chi connectivity index (χ1) is 10.8. The van der Waals surface area contributed by atoms with Gasteiger partial charge in [-0.05, 0) is 12.0 Å². The Morgan fingerprint density at radius 2 is 1.91 bits per heavy atom. The second kappa shape index (κ2) is 8.26. The quantitative estimate of drug-likeness (QED) is 0.437. The molecule has 1 amide bonds. The van der Waals surface area contributed by atoms with Crippen molar-refractivity contribution in [3.8, 4) is 0 Å². The van der Waals surface area contributed by atoms with Gasteiger partial charge in [-0.1, -0.05) is 26.8 Å². The summed E-state index contributed by atoms with van der Waals surface area (Å²) in [6.45, 7) is 6.24. The van der Waals surface area contributed by atoms with E-state index in [0.717, 1.165) is 0 Å². The van der Waals surface area contributed by atoms with Crippen LogP contribution in [0.4, 0.5) is 5.69 Å². The zero-order valence-electron chi connectivity index (χ0n) is 13.8. The minimum absolute atomic E-state index is 0.138. The summed E-state index contributed by atoms with van der Waals surface area (Å²) >= 11 is 0. The third-order valence-electron chi connectivity index (χ3n) is 3.27. The van der Waals surface area contributed by atoms with Gasteiger partial charge < -0.3 is 9.64 Å². The summed E-state index contributed by atoms with van der Waals surface area (Å²) in [5.41, 5.74) is 0.0956. The van der Waals surface area contributed by atoms with Gasteiger partial charge >= 0.3 is 5.97 Å². The molecule has 0 heterocycles. The second-order valence-electron chi connectivity index (χ2n) is 5.84. The number of benzene rings is 1. The first-order valence-corrected chi connectivity index (χ1v) is 7.37. The number of amides is 1. The molecule has 0 aliphatic rings. The molecule has 1 aromatic rings. The van der Waals surface area contributed by atoms with E-state index in [4.69, 9.17) is 0 Å². The number of hydrogen-bond donors (Lipinski definition) is 0. The van der Waals surface area contributed by atoms with E-state index in [0.29, 0.717) is 6.54 Å². The molecule has 0 fully saturated rings. The highest BCUT2D eigenvalue weighted by atomic mass is 16.6. The van der Waals surface area contributed by atoms with Gasteiger partial charge in [0.2, 0.25) is 0 Å². The van der Waals surface area contributed by atoms with Crippen molar-refractivity contribution in [3.05, 3.63) is 39.9 Å². The van der Waals surface area contributed by atoms with Crippen molar-refractivity contribution >= 4 is 17.6 Å². The topological polar surface area (TPSA) is 89.8 Å². The normalized spacial score (nSPS) is 11.9. The molecule has 0 saturated heterocycles. The molecule has 0 spiro atoms. The summed E-state index contributed by atoms with van der Waals surface area (Å²) < 4.78 is 4.69. The smallest absolute Gasteiger partial charge is 0.310 e. The molecule has 0 aromatic heterocycles. The van der Waals surface area contributed by atoms with Crippen LogP contribution in [0.1, 0.15) is 31.1 Å². The number of esters is 1. The van der Waals surface area contributed by atoms with E-state index < -0.39 is 16.8 Å². The van der Waals surface area contributed by atoms with Gasteiger partial charge in [0, 0.05) is 30.8 Å². The van der Waals surface area contributed by atoms with Crippen LogP contribution in [0, 0.1) is 22.0 Å². The van der Waals surface area contributed by atoms with Gasteiger partial charge in [-0.15, -0.1) is 0 Å². The van der Waals surface area contributed by atoms with Gasteiger partial charge in [0.15, 0.2) is 0 Å². The molecule has 0 bridgehead atoms. The molecule has 0 aliphatic heterocycles. The largest absolute Gasteiger partial charge is 0.469 e. The molecule has 1 rings (SSSR count). The van der Waals surface area contributed by atoms with Crippen LogP contribution in [0.3, 0.4) is 0 Å². The monoisotopic (exact) mass is 322 g/mol. The molecule has 7 nitrogen and oxygen atoms in total. The third-order valence-corrected chi connectivity index (χ3v) is 3.27. The number of carbonyl (C=O) groups is 2. The number of nitrogens with zero attached hydrogens (tertiary/aromatic N) is 2. The third kappa shape index (κ3) is 5.36. The standard InChI is InChI=1S/C16H22N2O5/c1-11(2)9-17(10-12(3)16(20)23-4)15(19)13-6-5-7-14(8-13)18(21)22/h5-8,11-12H,9-10H2,1-4H3. The van der Waals surface area contributed by atoms with E-state index in [9.17, 15) is 19.7 Å². The summed E-state index contributed by atoms with van der Waals surface area (Å²) in [5, 5.41) is 10.8. The second-order valence-corrected chi connectivity index (χ2v) is 5.84. The Morgan fingerprint density at radius 1 is 1.26 bits per heavy atom. The number of rotatable bonds is 7. The Morgan fingerprint density at radius 3 is 2.43 bits per heavy atom. The predicted molar refractivity (Wildman–Crippen MR) is 85.0 cm³/mol. The molecule has 0 N–H and O–H groups in total. The average Bonchev–Trinajstić information content (AvgIpc) is 2.52. The fraction of sp³-hybridized carbons (Fsp3) is 0.500. The predicted octanol–water partition coefficient (Wildman–Crippen LogP) is 2.50. The Kier molecular flexibility index (Phi) is 6.68. The Bertz CT molecular complexity index is 586. The minimum Gasteiger partial charge on any atom is -0.469 e. The summed E-state index contributed by atoms with van der Waals surface area (Å²) in [6.07, 6.45) is 0. The van der Waals surface area contributed by atoms with Crippen molar-refractivity contribution in [1.82, 2.24) is 4.90 Å². The number of ether oxygens (including phenoxy) is 1. The van der Waals surface area contributed by atoms with E-state index >= 15 is 0 Å². The van der Waals surface area contributed by atoms with Crippen LogP contribution < -0.4 is 0 Å². The zero-order chi connectivity index (χ0) is 17.6. The lowest BCUT2D eigenvalue weighted by Gasteiger charge is -2.26. The molecule has 0 saturated carbocycles. The van der Waals surface area contributed by atoms with Gasteiger partial charge in [-0.3, -0.25) is 19.7 Å².